The predicted octanol–water partition coefficient (Wildman–Crippen LogP) is 6.39. The average Bonchev–Trinajstić information content (AvgIpc) is 3.20. The maximum Gasteiger partial charge on any atom is 0.268 e. The van der Waals surface area contributed by atoms with Crippen LogP contribution in [-0.4, -0.2) is 12.4 Å². The van der Waals surface area contributed by atoms with Crippen molar-refractivity contribution in [1.82, 2.24) is 3.97 Å². The molecule has 0 aliphatic heterocycles. The quantitative estimate of drug-likeness (QED) is 0.320. The number of hydrogen-bond acceptors (Lipinski definition) is 3. The summed E-state index contributed by atoms with van der Waals surface area (Å²) in [6, 6.07) is 33.3. The molecule has 5 heteroatoms. The smallest absolute Gasteiger partial charge is 0.233 e. The Morgan fingerprint density at radius 2 is 1.39 bits per heavy atom. The number of para-hydroxylation sites is 1. The zero-order valence-electron chi connectivity index (χ0n) is 17.9. The third kappa shape index (κ3) is 3.42. The van der Waals surface area contributed by atoms with E-state index in [0.717, 1.165) is 22.1 Å². The molecule has 0 N–H and O–H groups in total. The van der Waals surface area contributed by atoms with Gasteiger partial charge < -0.3 is 0 Å². The van der Waals surface area contributed by atoms with Crippen LogP contribution in [-0.2, 0) is 10.0 Å². The molecule has 33 heavy (non-hydrogen) atoms. The molecule has 5 rings (SSSR count). The van der Waals surface area contributed by atoms with Crippen LogP contribution >= 0.6 is 0 Å². The molecular weight excluding hydrogens is 428 g/mol. The van der Waals surface area contributed by atoms with Crippen LogP contribution < -0.4 is 0 Å². The van der Waals surface area contributed by atoms with Gasteiger partial charge >= 0.3 is 0 Å². The van der Waals surface area contributed by atoms with Crippen molar-refractivity contribution in [2.75, 3.05) is 0 Å². The highest BCUT2D eigenvalue weighted by Gasteiger charge is 2.29. The lowest BCUT2D eigenvalue weighted by molar-refractivity contribution is 0.589. The lowest BCUT2D eigenvalue weighted by atomic mass is 9.95. The van der Waals surface area contributed by atoms with Crippen LogP contribution in [0.3, 0.4) is 0 Å². The van der Waals surface area contributed by atoms with Crippen molar-refractivity contribution >= 4 is 20.9 Å². The second kappa shape index (κ2) is 8.09. The fourth-order valence-electron chi connectivity index (χ4n) is 4.21. The molecule has 0 radical (unpaired) electrons. The summed E-state index contributed by atoms with van der Waals surface area (Å²) in [5, 5.41) is 10.6. The van der Waals surface area contributed by atoms with Gasteiger partial charge in [-0.3, -0.25) is 0 Å². The number of nitriles is 1. The summed E-state index contributed by atoms with van der Waals surface area (Å²) in [4.78, 5) is 0.214. The third-order valence-electron chi connectivity index (χ3n) is 5.76. The Bertz CT molecular complexity index is 1630. The van der Waals surface area contributed by atoms with E-state index in [-0.39, 0.29) is 4.90 Å². The van der Waals surface area contributed by atoms with Crippen molar-refractivity contribution < 1.29 is 8.42 Å². The van der Waals surface area contributed by atoms with Gasteiger partial charge in [0.15, 0.2) is 0 Å². The summed E-state index contributed by atoms with van der Waals surface area (Å²) in [6.07, 6.45) is 0. The zero-order valence-corrected chi connectivity index (χ0v) is 18.8. The first-order valence-electron chi connectivity index (χ1n) is 10.5. The van der Waals surface area contributed by atoms with E-state index in [1.54, 1.807) is 30.3 Å². The molecule has 0 amide bonds. The molecule has 0 aliphatic rings. The fourth-order valence-corrected chi connectivity index (χ4v) is 5.75. The van der Waals surface area contributed by atoms with Crippen LogP contribution in [0, 0.1) is 18.3 Å². The number of fused-ring (bicyclic) bond motifs is 1. The lowest BCUT2D eigenvalue weighted by Gasteiger charge is -2.14. The topological polar surface area (TPSA) is 62.9 Å². The lowest BCUT2D eigenvalue weighted by Crippen LogP contribution is -2.14. The Hall–Kier alpha value is -4.14. The number of rotatable bonds is 4. The number of nitrogens with zero attached hydrogens (tertiary/aromatic N) is 2. The van der Waals surface area contributed by atoms with Crippen LogP contribution in [0.25, 0.3) is 33.3 Å². The Labute approximate surface area is 193 Å². The van der Waals surface area contributed by atoms with Gasteiger partial charge in [-0.1, -0.05) is 84.4 Å². The Morgan fingerprint density at radius 3 is 2.12 bits per heavy atom. The molecule has 0 saturated heterocycles. The monoisotopic (exact) mass is 448 g/mol. The number of hydrogen-bond donors (Lipinski definition) is 0. The molecule has 1 aromatic heterocycles. The van der Waals surface area contributed by atoms with E-state index in [9.17, 15) is 13.7 Å². The standard InChI is InChI=1S/C28H20N2O2S/c1-20-15-17-23(18-16-20)33(31,32)30-26-14-8-7-13-25(26)27(24-12-6-5-11-22(24)19-29)28(30)21-9-3-2-4-10-21/h2-18H,1H3. The van der Waals surface area contributed by atoms with Gasteiger partial charge in [-0.05, 0) is 36.8 Å². The largest absolute Gasteiger partial charge is 0.268 e. The Morgan fingerprint density at radius 1 is 0.758 bits per heavy atom. The minimum atomic E-state index is -3.93. The highest BCUT2D eigenvalue weighted by atomic mass is 32.2. The van der Waals surface area contributed by atoms with Crippen molar-refractivity contribution in [2.24, 2.45) is 0 Å². The Balaban J connectivity index is 1.98. The van der Waals surface area contributed by atoms with E-state index in [1.165, 1.54) is 3.97 Å². The summed E-state index contributed by atoms with van der Waals surface area (Å²) >= 11 is 0. The highest BCUT2D eigenvalue weighted by molar-refractivity contribution is 7.90. The number of aromatic nitrogens is 1. The van der Waals surface area contributed by atoms with E-state index in [1.807, 2.05) is 79.7 Å². The minimum Gasteiger partial charge on any atom is -0.233 e. The molecule has 0 spiro atoms. The summed E-state index contributed by atoms with van der Waals surface area (Å²) in [5.41, 5.74) is 4.77. The van der Waals surface area contributed by atoms with E-state index in [0.29, 0.717) is 22.3 Å². The van der Waals surface area contributed by atoms with E-state index >= 15 is 0 Å². The van der Waals surface area contributed by atoms with E-state index in [4.69, 9.17) is 0 Å². The van der Waals surface area contributed by atoms with E-state index in [2.05, 4.69) is 6.07 Å². The number of benzene rings is 4. The summed E-state index contributed by atoms with van der Waals surface area (Å²) in [5.74, 6) is 0. The van der Waals surface area contributed by atoms with Crippen LogP contribution in [0.4, 0.5) is 0 Å². The van der Waals surface area contributed by atoms with Gasteiger partial charge in [0.25, 0.3) is 10.0 Å². The SMILES string of the molecule is Cc1ccc(S(=O)(=O)n2c(-c3ccccc3)c(-c3ccccc3C#N)c3ccccc32)cc1. The van der Waals surface area contributed by atoms with Crippen LogP contribution in [0.1, 0.15) is 11.1 Å². The number of aryl methyl sites for hydroxylation is 1. The Kier molecular flexibility index (Phi) is 5.08. The third-order valence-corrected chi connectivity index (χ3v) is 7.48. The van der Waals surface area contributed by atoms with Crippen molar-refractivity contribution in [3.63, 3.8) is 0 Å². The first kappa shape index (κ1) is 20.7. The molecule has 0 bridgehead atoms. The van der Waals surface area contributed by atoms with Crippen LogP contribution in [0.2, 0.25) is 0 Å². The van der Waals surface area contributed by atoms with Gasteiger partial charge in [0.2, 0.25) is 0 Å². The zero-order chi connectivity index (χ0) is 23.0. The van der Waals surface area contributed by atoms with Gasteiger partial charge in [0.05, 0.1) is 27.7 Å². The molecule has 4 nitrogen and oxygen atoms in total. The molecule has 160 valence electrons. The molecule has 5 aromatic rings. The molecule has 0 atom stereocenters. The van der Waals surface area contributed by atoms with Crippen molar-refractivity contribution in [2.45, 2.75) is 11.8 Å². The molecule has 0 saturated carbocycles. The van der Waals surface area contributed by atoms with Gasteiger partial charge in [0, 0.05) is 16.5 Å². The maximum absolute atomic E-state index is 14.1. The summed E-state index contributed by atoms with van der Waals surface area (Å²) in [6.45, 7) is 1.92. The molecule has 0 unspecified atom stereocenters. The van der Waals surface area contributed by atoms with Crippen molar-refractivity contribution in [3.8, 4) is 28.5 Å². The van der Waals surface area contributed by atoms with Crippen LogP contribution in [0.5, 0.6) is 0 Å². The molecule has 0 aliphatic carbocycles. The van der Waals surface area contributed by atoms with Gasteiger partial charge in [0.1, 0.15) is 0 Å². The summed E-state index contributed by atoms with van der Waals surface area (Å²) in [7, 11) is -3.93. The predicted molar refractivity (Wildman–Crippen MR) is 131 cm³/mol. The van der Waals surface area contributed by atoms with Gasteiger partial charge in [-0.2, -0.15) is 5.26 Å². The van der Waals surface area contributed by atoms with Crippen molar-refractivity contribution in [3.05, 3.63) is 114 Å². The maximum atomic E-state index is 14.1. The first-order valence-corrected chi connectivity index (χ1v) is 12.0. The molecule has 4 aromatic carbocycles. The van der Waals surface area contributed by atoms with E-state index < -0.39 is 10.0 Å². The van der Waals surface area contributed by atoms with Gasteiger partial charge in [-0.15, -0.1) is 0 Å². The first-order chi connectivity index (χ1) is 16.0. The normalized spacial score (nSPS) is 11.4. The highest BCUT2D eigenvalue weighted by Crippen LogP contribution is 2.43. The van der Waals surface area contributed by atoms with Gasteiger partial charge in [-0.25, -0.2) is 12.4 Å². The molecular formula is C28H20N2O2S. The summed E-state index contributed by atoms with van der Waals surface area (Å²) < 4.78 is 29.5. The minimum absolute atomic E-state index is 0.214. The second-order valence-electron chi connectivity index (χ2n) is 7.85. The average molecular weight is 449 g/mol. The molecule has 1 heterocycles. The second-order valence-corrected chi connectivity index (χ2v) is 9.63. The van der Waals surface area contributed by atoms with Crippen LogP contribution in [0.15, 0.2) is 108 Å². The fraction of sp³-hybridized carbons (Fsp3) is 0.0357. The molecule has 0 fully saturated rings. The van der Waals surface area contributed by atoms with Crippen molar-refractivity contribution in [1.29, 1.82) is 5.26 Å².